The number of aliphatic imine (C=N–C) groups is 1. The molecule has 2 aromatic heterocycles. The summed E-state index contributed by atoms with van der Waals surface area (Å²) >= 11 is 2.41. The number of hydrogen-bond donors (Lipinski definition) is 1. The minimum absolute atomic E-state index is 0.0809. The van der Waals surface area contributed by atoms with E-state index in [0.29, 0.717) is 27.3 Å². The van der Waals surface area contributed by atoms with E-state index in [0.717, 1.165) is 5.56 Å². The van der Waals surface area contributed by atoms with Gasteiger partial charge in [0.1, 0.15) is 11.5 Å². The fraction of sp³-hybridized carbons (Fsp3) is 0.0385. The first-order valence-electron chi connectivity index (χ1n) is 11.0. The molecule has 0 aliphatic carbocycles. The highest BCUT2D eigenvalue weighted by Crippen LogP contribution is 2.35. The lowest BCUT2D eigenvalue weighted by Gasteiger charge is -2.12. The largest absolute Gasteiger partial charge is 0.457 e. The molecule has 37 heavy (non-hydrogen) atoms. The highest BCUT2D eigenvalue weighted by Gasteiger charge is 2.33. The van der Waals surface area contributed by atoms with Gasteiger partial charge >= 0.3 is 0 Å². The molecule has 1 aliphatic heterocycles. The molecule has 3 heterocycles. The number of nitrogens with one attached hydrogen (secondary N) is 1. The van der Waals surface area contributed by atoms with Crippen LogP contribution in [0.25, 0.3) is 17.4 Å². The minimum atomic E-state index is -3.77. The number of sulfonamides is 1. The molecule has 1 N–H and O–H groups in total. The number of rotatable bonds is 8. The Bertz CT molecular complexity index is 1590. The molecule has 1 fully saturated rings. The fourth-order valence-corrected chi connectivity index (χ4v) is 6.23. The van der Waals surface area contributed by atoms with Crippen molar-refractivity contribution in [2.24, 2.45) is 4.99 Å². The van der Waals surface area contributed by atoms with E-state index < -0.39 is 10.0 Å². The highest BCUT2D eigenvalue weighted by atomic mass is 32.2. The summed E-state index contributed by atoms with van der Waals surface area (Å²) in [7, 11) is -3.77. The maximum Gasteiger partial charge on any atom is 0.267 e. The van der Waals surface area contributed by atoms with Crippen LogP contribution < -0.4 is 4.72 Å². The number of carbonyl (C=O) groups is 1. The van der Waals surface area contributed by atoms with Crippen LogP contribution in [-0.2, 0) is 14.8 Å². The zero-order chi connectivity index (χ0) is 25.8. The predicted molar refractivity (Wildman–Crippen MR) is 148 cm³/mol. The number of amidine groups is 1. The first kappa shape index (κ1) is 24.8. The summed E-state index contributed by atoms with van der Waals surface area (Å²) in [4.78, 5) is 23.7. The number of amides is 1. The van der Waals surface area contributed by atoms with E-state index in [9.17, 15) is 13.2 Å². The summed E-state index contributed by atoms with van der Waals surface area (Å²) in [6, 6.07) is 19.5. The molecule has 186 valence electrons. The van der Waals surface area contributed by atoms with E-state index in [2.05, 4.69) is 21.3 Å². The van der Waals surface area contributed by atoms with Crippen molar-refractivity contribution in [3.8, 4) is 11.3 Å². The van der Waals surface area contributed by atoms with E-state index in [4.69, 9.17) is 4.42 Å². The number of hydrogen-bond acceptors (Lipinski definition) is 8. The van der Waals surface area contributed by atoms with Crippen molar-refractivity contribution in [1.29, 1.82) is 0 Å². The van der Waals surface area contributed by atoms with E-state index in [-0.39, 0.29) is 22.5 Å². The molecule has 0 bridgehead atoms. The van der Waals surface area contributed by atoms with Crippen molar-refractivity contribution < 1.29 is 17.6 Å². The summed E-state index contributed by atoms with van der Waals surface area (Å²) in [5.41, 5.74) is 1.45. The number of aromatic nitrogens is 1. The average Bonchev–Trinajstić information content (AvgIpc) is 3.64. The Morgan fingerprint density at radius 1 is 1.08 bits per heavy atom. The van der Waals surface area contributed by atoms with Crippen molar-refractivity contribution >= 4 is 61.1 Å². The van der Waals surface area contributed by atoms with Crippen LogP contribution in [0, 0.1) is 0 Å². The zero-order valence-electron chi connectivity index (χ0n) is 19.3. The second-order valence-electron chi connectivity index (χ2n) is 7.71. The van der Waals surface area contributed by atoms with Gasteiger partial charge in [-0.3, -0.25) is 14.4 Å². The summed E-state index contributed by atoms with van der Waals surface area (Å²) in [6.07, 6.45) is 4.84. The number of nitrogens with zero attached hydrogens (tertiary/aromatic N) is 3. The average molecular weight is 549 g/mol. The smallest absolute Gasteiger partial charge is 0.267 e. The normalized spacial score (nSPS) is 16.0. The van der Waals surface area contributed by atoms with Crippen LogP contribution in [0.3, 0.4) is 0 Å². The van der Waals surface area contributed by atoms with Crippen molar-refractivity contribution in [1.82, 2.24) is 9.88 Å². The summed E-state index contributed by atoms with van der Waals surface area (Å²) in [5, 5.41) is 2.43. The second kappa shape index (κ2) is 10.6. The first-order chi connectivity index (χ1) is 17.9. The molecule has 0 atom stereocenters. The number of thiazole rings is 1. The lowest BCUT2D eigenvalue weighted by atomic mass is 10.2. The Hall–Kier alpha value is -3.93. The molecule has 4 aromatic rings. The lowest BCUT2D eigenvalue weighted by molar-refractivity contribution is -0.121. The van der Waals surface area contributed by atoms with Gasteiger partial charge in [0.15, 0.2) is 10.3 Å². The van der Waals surface area contributed by atoms with Crippen LogP contribution in [0.5, 0.6) is 0 Å². The van der Waals surface area contributed by atoms with Crippen molar-refractivity contribution in [3.05, 3.63) is 102 Å². The van der Waals surface area contributed by atoms with Gasteiger partial charge in [0.05, 0.1) is 15.5 Å². The van der Waals surface area contributed by atoms with E-state index in [1.165, 1.54) is 46.3 Å². The number of carbonyl (C=O) groups excluding carboxylic acids is 1. The molecule has 0 unspecified atom stereocenters. The Morgan fingerprint density at radius 3 is 2.57 bits per heavy atom. The first-order valence-corrected chi connectivity index (χ1v) is 14.2. The van der Waals surface area contributed by atoms with Gasteiger partial charge in [0.2, 0.25) is 0 Å². The maximum atomic E-state index is 13.1. The Balaban J connectivity index is 1.37. The molecule has 1 aliphatic rings. The molecule has 1 amide bonds. The molecular weight excluding hydrogens is 529 g/mol. The van der Waals surface area contributed by atoms with Crippen LogP contribution in [0.4, 0.5) is 10.8 Å². The molecule has 1 saturated heterocycles. The Labute approximate surface area is 222 Å². The monoisotopic (exact) mass is 548 g/mol. The molecule has 11 heteroatoms. The molecular formula is C26H20N4O4S3. The van der Waals surface area contributed by atoms with Crippen LogP contribution in [-0.4, -0.2) is 35.9 Å². The lowest BCUT2D eigenvalue weighted by Crippen LogP contribution is -2.29. The topological polar surface area (TPSA) is 105 Å². The molecule has 0 saturated carbocycles. The van der Waals surface area contributed by atoms with Crippen LogP contribution in [0.2, 0.25) is 0 Å². The second-order valence-corrected chi connectivity index (χ2v) is 11.3. The number of benzene rings is 2. The fourth-order valence-electron chi connectivity index (χ4n) is 3.46. The summed E-state index contributed by atoms with van der Waals surface area (Å²) in [5.74, 6) is 1.05. The van der Waals surface area contributed by atoms with Crippen molar-refractivity contribution in [2.45, 2.75) is 4.90 Å². The molecule has 5 rings (SSSR count). The molecule has 0 spiro atoms. The molecule has 2 aromatic carbocycles. The number of furan rings is 1. The highest BCUT2D eigenvalue weighted by molar-refractivity contribution is 8.18. The van der Waals surface area contributed by atoms with Crippen LogP contribution in [0.15, 0.2) is 110 Å². The van der Waals surface area contributed by atoms with E-state index in [1.54, 1.807) is 29.7 Å². The predicted octanol–water partition coefficient (Wildman–Crippen LogP) is 5.99. The van der Waals surface area contributed by atoms with Gasteiger partial charge in [-0.2, -0.15) is 0 Å². The third-order valence-electron chi connectivity index (χ3n) is 5.18. The van der Waals surface area contributed by atoms with Crippen molar-refractivity contribution in [3.63, 3.8) is 0 Å². The SMILES string of the molecule is C=CCN1C(=O)/C(=C/c2ccc(-c3ccccc3)o2)SC1=Nc1ccc(S(=O)(=O)Nc2nccs2)cc1. The van der Waals surface area contributed by atoms with E-state index in [1.807, 2.05) is 42.5 Å². The molecule has 8 nitrogen and oxygen atoms in total. The van der Waals surface area contributed by atoms with Gasteiger partial charge in [-0.15, -0.1) is 17.9 Å². The quantitative estimate of drug-likeness (QED) is 0.214. The minimum Gasteiger partial charge on any atom is -0.457 e. The number of anilines is 1. The summed E-state index contributed by atoms with van der Waals surface area (Å²) < 4.78 is 33.5. The molecule has 0 radical (unpaired) electrons. The van der Waals surface area contributed by atoms with Gasteiger partial charge < -0.3 is 4.42 Å². The van der Waals surface area contributed by atoms with Crippen LogP contribution in [0.1, 0.15) is 5.76 Å². The number of thioether (sulfide) groups is 1. The van der Waals surface area contributed by atoms with Gasteiger partial charge in [0, 0.05) is 29.8 Å². The Kier molecular flexibility index (Phi) is 7.08. The third-order valence-corrected chi connectivity index (χ3v) is 8.36. The van der Waals surface area contributed by atoms with Gasteiger partial charge in [-0.25, -0.2) is 18.4 Å². The summed E-state index contributed by atoms with van der Waals surface area (Å²) in [6.45, 7) is 4.02. The van der Waals surface area contributed by atoms with Gasteiger partial charge in [-0.05, 0) is 48.2 Å². The van der Waals surface area contributed by atoms with Crippen LogP contribution >= 0.6 is 23.1 Å². The Morgan fingerprint density at radius 2 is 1.86 bits per heavy atom. The van der Waals surface area contributed by atoms with Crippen molar-refractivity contribution in [2.75, 3.05) is 11.3 Å². The maximum absolute atomic E-state index is 13.1. The van der Waals surface area contributed by atoms with Gasteiger partial charge in [-0.1, -0.05) is 36.4 Å². The van der Waals surface area contributed by atoms with Gasteiger partial charge in [0.25, 0.3) is 15.9 Å². The third kappa shape index (κ3) is 5.58. The zero-order valence-corrected chi connectivity index (χ0v) is 21.7. The standard InChI is InChI=1S/C26H20N4O4S3/c1-2-15-30-24(31)23(17-20-10-13-22(34-20)18-6-4-3-5-7-18)36-26(30)28-19-8-11-21(12-9-19)37(32,33)29-25-27-14-16-35-25/h2-14,16-17H,1,15H2,(H,27,29)/b23-17-,28-26?. The van der Waals surface area contributed by atoms with E-state index >= 15 is 0 Å².